The number of aromatic nitrogens is 1. The molecule has 0 unspecified atom stereocenters. The fourth-order valence-electron chi connectivity index (χ4n) is 3.15. The summed E-state index contributed by atoms with van der Waals surface area (Å²) < 4.78 is 11.5. The maximum atomic E-state index is 12.1. The molecule has 0 spiro atoms. The van der Waals surface area contributed by atoms with Crippen LogP contribution in [0.2, 0.25) is 0 Å². The van der Waals surface area contributed by atoms with Crippen molar-refractivity contribution < 1.29 is 14.3 Å². The van der Waals surface area contributed by atoms with E-state index in [0.29, 0.717) is 6.61 Å². The molecule has 26 heavy (non-hydrogen) atoms. The summed E-state index contributed by atoms with van der Waals surface area (Å²) in [4.78, 5) is 16.3. The number of hydrogen-bond acceptors (Lipinski definition) is 4. The highest BCUT2D eigenvalue weighted by molar-refractivity contribution is 5.68. The maximum Gasteiger partial charge on any atom is 0.407 e. The van der Waals surface area contributed by atoms with Crippen molar-refractivity contribution in [2.45, 2.75) is 51.9 Å². The summed E-state index contributed by atoms with van der Waals surface area (Å²) in [6, 6.07) is 10.3. The number of carbonyl (C=O) groups excluding carboxylic acids is 1. The Morgan fingerprint density at radius 1 is 1.31 bits per heavy atom. The molecule has 0 aliphatic carbocycles. The van der Waals surface area contributed by atoms with Gasteiger partial charge < -0.3 is 14.8 Å². The van der Waals surface area contributed by atoms with E-state index in [-0.39, 0.29) is 17.7 Å². The Kier molecular flexibility index (Phi) is 5.28. The van der Waals surface area contributed by atoms with Crippen molar-refractivity contribution in [3.63, 3.8) is 0 Å². The lowest BCUT2D eigenvalue weighted by molar-refractivity contribution is -0.0461. The molecule has 2 aromatic rings. The minimum atomic E-state index is -0.423. The normalized spacial score (nSPS) is 17.9. The third-order valence-electron chi connectivity index (χ3n) is 4.31. The van der Waals surface area contributed by atoms with E-state index in [4.69, 9.17) is 9.47 Å². The highest BCUT2D eigenvalue weighted by Crippen LogP contribution is 2.33. The van der Waals surface area contributed by atoms with Crippen LogP contribution >= 0.6 is 0 Å². The number of nitrogens with one attached hydrogen (secondary N) is 1. The minimum absolute atomic E-state index is 0.257. The Bertz CT molecular complexity index is 769. The van der Waals surface area contributed by atoms with Crippen LogP contribution in [0.5, 0.6) is 0 Å². The Morgan fingerprint density at radius 2 is 2.12 bits per heavy atom. The van der Waals surface area contributed by atoms with Gasteiger partial charge in [0, 0.05) is 17.9 Å². The van der Waals surface area contributed by atoms with E-state index in [1.165, 1.54) is 5.56 Å². The standard InChI is InChI=1S/C21H26N2O3/c1-14(26-20(24)23-21(2,3)4)19-18-8-7-15(12-16(18)9-11-25-19)17-6-5-10-22-13-17/h5-8,10,12-14,19H,9,11H2,1-4H3,(H,23,24)/t14-,19+/m1/s1. The molecule has 1 aromatic carbocycles. The largest absolute Gasteiger partial charge is 0.443 e. The SMILES string of the molecule is C[C@@H](OC(=O)NC(C)(C)C)[C@@H]1OCCc2cc(-c3cccnc3)ccc21. The number of alkyl carbamates (subject to hydrolysis) is 1. The predicted octanol–water partition coefficient (Wildman–Crippen LogP) is 4.28. The first kappa shape index (κ1) is 18.4. The summed E-state index contributed by atoms with van der Waals surface area (Å²) >= 11 is 0. The summed E-state index contributed by atoms with van der Waals surface area (Å²) in [5.41, 5.74) is 4.21. The van der Waals surface area contributed by atoms with Crippen molar-refractivity contribution in [1.29, 1.82) is 0 Å². The zero-order valence-corrected chi connectivity index (χ0v) is 15.8. The Labute approximate surface area is 154 Å². The van der Waals surface area contributed by atoms with Crippen LogP contribution in [0, 0.1) is 0 Å². The number of benzene rings is 1. The molecule has 1 aliphatic rings. The molecule has 0 bridgehead atoms. The molecule has 0 saturated carbocycles. The lowest BCUT2D eigenvalue weighted by atomic mass is 9.91. The van der Waals surface area contributed by atoms with E-state index in [1.807, 2.05) is 46.0 Å². The first-order valence-electron chi connectivity index (χ1n) is 8.97. The van der Waals surface area contributed by atoms with Gasteiger partial charge in [-0.1, -0.05) is 24.3 Å². The van der Waals surface area contributed by atoms with Gasteiger partial charge in [-0.15, -0.1) is 0 Å². The average molecular weight is 354 g/mol. The smallest absolute Gasteiger partial charge is 0.407 e. The summed E-state index contributed by atoms with van der Waals surface area (Å²) in [5.74, 6) is 0. The number of hydrogen-bond donors (Lipinski definition) is 1. The monoisotopic (exact) mass is 354 g/mol. The lowest BCUT2D eigenvalue weighted by Gasteiger charge is -2.31. The van der Waals surface area contributed by atoms with E-state index in [1.54, 1.807) is 6.20 Å². The van der Waals surface area contributed by atoms with Gasteiger partial charge in [-0.05, 0) is 62.4 Å². The van der Waals surface area contributed by atoms with E-state index < -0.39 is 6.09 Å². The zero-order valence-electron chi connectivity index (χ0n) is 15.8. The number of fused-ring (bicyclic) bond motifs is 1. The summed E-state index contributed by atoms with van der Waals surface area (Å²) in [6.45, 7) is 8.25. The molecule has 138 valence electrons. The molecule has 1 aromatic heterocycles. The highest BCUT2D eigenvalue weighted by Gasteiger charge is 2.29. The average Bonchev–Trinajstić information content (AvgIpc) is 2.59. The van der Waals surface area contributed by atoms with Gasteiger partial charge in [0.1, 0.15) is 12.2 Å². The van der Waals surface area contributed by atoms with Crippen LogP contribution in [0.15, 0.2) is 42.7 Å². The fourth-order valence-corrected chi connectivity index (χ4v) is 3.15. The number of amides is 1. The van der Waals surface area contributed by atoms with E-state index in [0.717, 1.165) is 23.1 Å². The molecule has 1 N–H and O–H groups in total. The van der Waals surface area contributed by atoms with Gasteiger partial charge in [0.25, 0.3) is 0 Å². The molecule has 5 heteroatoms. The van der Waals surface area contributed by atoms with Gasteiger partial charge in [0.2, 0.25) is 0 Å². The van der Waals surface area contributed by atoms with Gasteiger partial charge >= 0.3 is 6.09 Å². The van der Waals surface area contributed by atoms with Gasteiger partial charge in [0.05, 0.1) is 6.61 Å². The van der Waals surface area contributed by atoms with Crippen LogP contribution in [0.4, 0.5) is 4.79 Å². The van der Waals surface area contributed by atoms with Gasteiger partial charge in [-0.3, -0.25) is 4.98 Å². The van der Waals surface area contributed by atoms with Gasteiger partial charge in [-0.25, -0.2) is 4.79 Å². The Morgan fingerprint density at radius 3 is 2.81 bits per heavy atom. The molecule has 0 fully saturated rings. The summed E-state index contributed by atoms with van der Waals surface area (Å²) in [6.07, 6.45) is 3.43. The van der Waals surface area contributed by atoms with Gasteiger partial charge in [0.15, 0.2) is 0 Å². The van der Waals surface area contributed by atoms with Crippen LogP contribution in [0.3, 0.4) is 0 Å². The molecule has 2 atom stereocenters. The number of nitrogens with zero attached hydrogens (tertiary/aromatic N) is 1. The van der Waals surface area contributed by atoms with Gasteiger partial charge in [-0.2, -0.15) is 0 Å². The second-order valence-electron chi connectivity index (χ2n) is 7.68. The van der Waals surface area contributed by atoms with Crippen molar-refractivity contribution in [3.05, 3.63) is 53.9 Å². The van der Waals surface area contributed by atoms with E-state index in [2.05, 4.69) is 28.5 Å². The summed E-state index contributed by atoms with van der Waals surface area (Å²) in [7, 11) is 0. The Hall–Kier alpha value is -2.40. The minimum Gasteiger partial charge on any atom is -0.443 e. The van der Waals surface area contributed by atoms with Crippen LogP contribution in [0.1, 0.15) is 44.9 Å². The molecule has 1 aliphatic heterocycles. The molecule has 0 radical (unpaired) electrons. The molecule has 3 rings (SSSR count). The topological polar surface area (TPSA) is 60.5 Å². The first-order chi connectivity index (χ1) is 12.3. The quantitative estimate of drug-likeness (QED) is 0.894. The number of rotatable bonds is 3. The first-order valence-corrected chi connectivity index (χ1v) is 8.97. The molecular formula is C21H26N2O3. The number of pyridine rings is 1. The van der Waals surface area contributed by atoms with Crippen LogP contribution in [0.25, 0.3) is 11.1 Å². The fraction of sp³-hybridized carbons (Fsp3) is 0.429. The number of ether oxygens (including phenoxy) is 2. The van der Waals surface area contributed by atoms with E-state index in [9.17, 15) is 4.79 Å². The van der Waals surface area contributed by atoms with Crippen molar-refractivity contribution >= 4 is 6.09 Å². The molecule has 1 amide bonds. The van der Waals surface area contributed by atoms with Crippen molar-refractivity contribution in [2.24, 2.45) is 0 Å². The van der Waals surface area contributed by atoms with Crippen LogP contribution in [-0.4, -0.2) is 29.3 Å². The maximum absolute atomic E-state index is 12.1. The Balaban J connectivity index is 1.77. The van der Waals surface area contributed by atoms with Crippen molar-refractivity contribution in [2.75, 3.05) is 6.61 Å². The third-order valence-corrected chi connectivity index (χ3v) is 4.31. The highest BCUT2D eigenvalue weighted by atomic mass is 16.6. The molecule has 5 nitrogen and oxygen atoms in total. The zero-order chi connectivity index (χ0) is 18.7. The third kappa shape index (κ3) is 4.41. The second kappa shape index (κ2) is 7.46. The summed E-state index contributed by atoms with van der Waals surface area (Å²) in [5, 5.41) is 2.82. The van der Waals surface area contributed by atoms with Crippen LogP contribution in [-0.2, 0) is 15.9 Å². The molecular weight excluding hydrogens is 328 g/mol. The number of carbonyl (C=O) groups is 1. The van der Waals surface area contributed by atoms with Crippen molar-refractivity contribution in [3.8, 4) is 11.1 Å². The molecule has 2 heterocycles. The predicted molar refractivity (Wildman–Crippen MR) is 101 cm³/mol. The van der Waals surface area contributed by atoms with Crippen molar-refractivity contribution in [1.82, 2.24) is 10.3 Å². The molecule has 0 saturated heterocycles. The van der Waals surface area contributed by atoms with Crippen LogP contribution < -0.4 is 5.32 Å². The lowest BCUT2D eigenvalue weighted by Crippen LogP contribution is -2.43. The van der Waals surface area contributed by atoms with E-state index >= 15 is 0 Å². The second-order valence-corrected chi connectivity index (χ2v) is 7.68.